The molecule has 0 bridgehead atoms. The summed E-state index contributed by atoms with van der Waals surface area (Å²) < 4.78 is 0. The van der Waals surface area contributed by atoms with Crippen LogP contribution in [-0.4, -0.2) is 85.2 Å². The van der Waals surface area contributed by atoms with E-state index in [9.17, 15) is 9.90 Å². The van der Waals surface area contributed by atoms with Crippen LogP contribution in [0.2, 0.25) is 0 Å². The van der Waals surface area contributed by atoms with Crippen molar-refractivity contribution in [3.63, 3.8) is 0 Å². The standard InChI is InChI=1S/C12H25NO2.C12H23NO2.C12H25NO/c2*1-10(14)9-15-13-11(2,3)7-6-8-12(13,4)5;1-6-10-14-13-11(2,3)8-7-9-12(13,4)5/h10,14H,6-9H2,1-5H3;6-9H2,1-5H3;6-10H2,1-5H3. The number of nitrogens with zero attached hydrogens (tertiary/aromatic N) is 3. The van der Waals surface area contributed by atoms with E-state index in [1.807, 2.05) is 5.06 Å². The molecule has 0 spiro atoms. The number of hydrogen-bond donors (Lipinski definition) is 1. The molecule has 0 amide bonds. The number of aliphatic hydroxyl groups excluding tert-OH is 1. The van der Waals surface area contributed by atoms with Crippen molar-refractivity contribution >= 4 is 5.78 Å². The summed E-state index contributed by atoms with van der Waals surface area (Å²) in [5.74, 6) is 0.0761. The smallest absolute Gasteiger partial charge is 0.157 e. The molecule has 0 aromatic rings. The van der Waals surface area contributed by atoms with E-state index in [4.69, 9.17) is 14.5 Å². The highest BCUT2D eigenvalue weighted by molar-refractivity contribution is 5.76. The van der Waals surface area contributed by atoms with Crippen LogP contribution >= 0.6 is 0 Å². The van der Waals surface area contributed by atoms with Crippen molar-refractivity contribution in [3.8, 4) is 0 Å². The summed E-state index contributed by atoms with van der Waals surface area (Å²) in [6.45, 7) is 33.5. The molecule has 3 aliphatic rings. The Labute approximate surface area is 272 Å². The van der Waals surface area contributed by atoms with E-state index in [-0.39, 0.29) is 45.6 Å². The van der Waals surface area contributed by atoms with E-state index in [2.05, 4.69) is 100 Å². The van der Waals surface area contributed by atoms with Crippen molar-refractivity contribution in [1.29, 1.82) is 0 Å². The van der Waals surface area contributed by atoms with Crippen LogP contribution in [0.25, 0.3) is 0 Å². The lowest BCUT2D eigenvalue weighted by molar-refractivity contribution is -0.288. The Morgan fingerprint density at radius 1 is 0.614 bits per heavy atom. The first-order valence-corrected chi connectivity index (χ1v) is 17.4. The molecule has 0 saturated carbocycles. The third-order valence-corrected chi connectivity index (χ3v) is 9.30. The van der Waals surface area contributed by atoms with Crippen molar-refractivity contribution in [3.05, 3.63) is 0 Å². The van der Waals surface area contributed by atoms with Crippen molar-refractivity contribution < 1.29 is 24.4 Å². The highest BCUT2D eigenvalue weighted by atomic mass is 16.7. The lowest BCUT2D eigenvalue weighted by Gasteiger charge is -2.51. The predicted octanol–water partition coefficient (Wildman–Crippen LogP) is 8.26. The van der Waals surface area contributed by atoms with Crippen molar-refractivity contribution in [2.24, 2.45) is 0 Å². The lowest BCUT2D eigenvalue weighted by Crippen LogP contribution is -2.58. The second kappa shape index (κ2) is 16.5. The minimum absolute atomic E-state index is 0.0250. The zero-order chi connectivity index (χ0) is 34.2. The SMILES string of the molecule is CC(=O)CON1C(C)(C)CCCC1(C)C.CC(O)CON1C(C)(C)CCCC1(C)C.CCCON1C(C)(C)CCCC1(C)C. The molecule has 1 unspecified atom stereocenters. The summed E-state index contributed by atoms with van der Waals surface area (Å²) in [6, 6.07) is 0. The summed E-state index contributed by atoms with van der Waals surface area (Å²) >= 11 is 0. The largest absolute Gasteiger partial charge is 0.391 e. The van der Waals surface area contributed by atoms with Gasteiger partial charge < -0.3 is 5.11 Å². The Balaban J connectivity index is 0.000000330. The first-order valence-electron chi connectivity index (χ1n) is 17.4. The average Bonchev–Trinajstić information content (AvgIpc) is 2.81. The molecule has 1 atom stereocenters. The summed E-state index contributed by atoms with van der Waals surface area (Å²) in [5, 5.41) is 15.6. The molecule has 3 heterocycles. The maximum absolute atomic E-state index is 11.0. The maximum Gasteiger partial charge on any atom is 0.157 e. The second-order valence-electron chi connectivity index (χ2n) is 17.3. The molecule has 3 rings (SSSR count). The van der Waals surface area contributed by atoms with Gasteiger partial charge >= 0.3 is 0 Å². The summed E-state index contributed by atoms with van der Waals surface area (Å²) in [6.07, 6.45) is 11.5. The third kappa shape index (κ3) is 12.5. The number of hydrogen-bond acceptors (Lipinski definition) is 8. The number of carbonyl (C=O) groups excluding carboxylic acids is 1. The van der Waals surface area contributed by atoms with Gasteiger partial charge in [-0.05, 0) is 161 Å². The summed E-state index contributed by atoms with van der Waals surface area (Å²) in [5.41, 5.74) is 0.565. The van der Waals surface area contributed by atoms with E-state index in [1.54, 1.807) is 13.8 Å². The number of rotatable bonds is 9. The van der Waals surface area contributed by atoms with Crippen molar-refractivity contribution in [2.45, 2.75) is 207 Å². The van der Waals surface area contributed by atoms with Gasteiger partial charge in [-0.1, -0.05) is 6.92 Å². The molecular weight excluding hydrogens is 554 g/mol. The van der Waals surface area contributed by atoms with Gasteiger partial charge in [0, 0.05) is 33.2 Å². The Morgan fingerprint density at radius 2 is 0.909 bits per heavy atom. The van der Waals surface area contributed by atoms with Crippen LogP contribution in [0.1, 0.15) is 168 Å². The highest BCUT2D eigenvalue weighted by Gasteiger charge is 2.44. The van der Waals surface area contributed by atoms with E-state index in [0.717, 1.165) is 38.7 Å². The van der Waals surface area contributed by atoms with Crippen LogP contribution in [0.15, 0.2) is 0 Å². The van der Waals surface area contributed by atoms with Gasteiger partial charge in [-0.3, -0.25) is 19.3 Å². The van der Waals surface area contributed by atoms with E-state index in [0.29, 0.717) is 6.61 Å². The first kappa shape index (κ1) is 41.4. The number of ketones is 1. The summed E-state index contributed by atoms with van der Waals surface area (Å²) in [4.78, 5) is 28.3. The number of Topliss-reactive ketones (excluding diaryl/α,β-unsaturated/α-hetero) is 1. The van der Waals surface area contributed by atoms with Gasteiger partial charge in [0.15, 0.2) is 5.78 Å². The normalized spacial score (nSPS) is 26.4. The molecule has 3 aliphatic heterocycles. The molecule has 0 radical (unpaired) electrons. The van der Waals surface area contributed by atoms with Gasteiger partial charge in [-0.15, -0.1) is 0 Å². The van der Waals surface area contributed by atoms with Crippen LogP contribution in [0.3, 0.4) is 0 Å². The molecule has 8 heteroatoms. The molecule has 8 nitrogen and oxygen atoms in total. The van der Waals surface area contributed by atoms with Crippen LogP contribution in [0.4, 0.5) is 0 Å². The topological polar surface area (TPSA) is 74.7 Å². The zero-order valence-corrected chi connectivity index (χ0v) is 31.7. The van der Waals surface area contributed by atoms with Gasteiger partial charge in [0.2, 0.25) is 0 Å². The third-order valence-electron chi connectivity index (χ3n) is 9.30. The fourth-order valence-electron chi connectivity index (χ4n) is 7.50. The van der Waals surface area contributed by atoms with Crippen LogP contribution in [0.5, 0.6) is 0 Å². The second-order valence-corrected chi connectivity index (χ2v) is 17.3. The Morgan fingerprint density at radius 3 is 1.18 bits per heavy atom. The van der Waals surface area contributed by atoms with Gasteiger partial charge in [-0.25, -0.2) is 0 Å². The molecule has 0 aromatic carbocycles. The Hall–Kier alpha value is -0.610. The molecule has 0 aliphatic carbocycles. The number of aliphatic hydroxyl groups is 1. The maximum atomic E-state index is 11.0. The molecular formula is C36H73N3O5. The average molecular weight is 628 g/mol. The van der Waals surface area contributed by atoms with E-state index in [1.165, 1.54) is 32.1 Å². The van der Waals surface area contributed by atoms with Crippen LogP contribution in [0, 0.1) is 0 Å². The summed E-state index contributed by atoms with van der Waals surface area (Å²) in [7, 11) is 0. The molecule has 3 saturated heterocycles. The van der Waals surface area contributed by atoms with Crippen LogP contribution < -0.4 is 0 Å². The number of carbonyl (C=O) groups is 1. The van der Waals surface area contributed by atoms with Gasteiger partial charge in [0.1, 0.15) is 6.61 Å². The zero-order valence-electron chi connectivity index (χ0n) is 31.7. The quantitative estimate of drug-likeness (QED) is 0.274. The van der Waals surface area contributed by atoms with Gasteiger partial charge in [-0.2, -0.15) is 15.2 Å². The Bertz CT molecular complexity index is 818. The molecule has 262 valence electrons. The minimum Gasteiger partial charge on any atom is -0.391 e. The first-order chi connectivity index (χ1) is 19.9. The van der Waals surface area contributed by atoms with E-state index >= 15 is 0 Å². The highest BCUT2D eigenvalue weighted by Crippen LogP contribution is 2.40. The predicted molar refractivity (Wildman–Crippen MR) is 182 cm³/mol. The van der Waals surface area contributed by atoms with Gasteiger partial charge in [0.25, 0.3) is 0 Å². The molecule has 0 aromatic heterocycles. The number of hydroxylamine groups is 6. The molecule has 44 heavy (non-hydrogen) atoms. The lowest BCUT2D eigenvalue weighted by atomic mass is 9.82. The fourth-order valence-corrected chi connectivity index (χ4v) is 7.50. The molecule has 3 fully saturated rings. The fraction of sp³-hybridized carbons (Fsp3) is 0.972. The van der Waals surface area contributed by atoms with Crippen molar-refractivity contribution in [1.82, 2.24) is 15.2 Å². The van der Waals surface area contributed by atoms with Crippen LogP contribution in [-0.2, 0) is 19.3 Å². The molecule has 1 N–H and O–H groups in total. The Kier molecular flexibility index (Phi) is 15.5. The number of piperidine rings is 3. The van der Waals surface area contributed by atoms with Crippen molar-refractivity contribution in [2.75, 3.05) is 19.8 Å². The minimum atomic E-state index is -0.404. The van der Waals surface area contributed by atoms with E-state index < -0.39 is 6.10 Å². The monoisotopic (exact) mass is 628 g/mol. The van der Waals surface area contributed by atoms with Gasteiger partial charge in [0.05, 0.1) is 19.3 Å².